The van der Waals surface area contributed by atoms with E-state index in [0.717, 1.165) is 5.56 Å². The van der Waals surface area contributed by atoms with Gasteiger partial charge in [0.15, 0.2) is 17.7 Å². The van der Waals surface area contributed by atoms with E-state index in [0.29, 0.717) is 0 Å². The maximum absolute atomic E-state index is 12.2. The van der Waals surface area contributed by atoms with Gasteiger partial charge < -0.3 is 31.5 Å². The predicted molar refractivity (Wildman–Crippen MR) is 116 cm³/mol. The molecule has 4 rings (SSSR count). The molecule has 0 saturated carbocycles. The number of anilines is 1. The first-order chi connectivity index (χ1) is 16.2. The fourth-order valence-electron chi connectivity index (χ4n) is 3.47. The predicted octanol–water partition coefficient (Wildman–Crippen LogP) is -2.38. The van der Waals surface area contributed by atoms with Crippen LogP contribution in [-0.2, 0) is 25.6 Å². The summed E-state index contributed by atoms with van der Waals surface area (Å²) in [5.74, 6) is -0.976. The van der Waals surface area contributed by atoms with Crippen molar-refractivity contribution < 1.29 is 32.7 Å². The number of rotatable bonds is 8. The van der Waals surface area contributed by atoms with Crippen LogP contribution in [0.1, 0.15) is 11.8 Å². The van der Waals surface area contributed by atoms with Gasteiger partial charge in [0.2, 0.25) is 0 Å². The lowest BCUT2D eigenvalue weighted by molar-refractivity contribution is -0.219. The minimum Gasteiger partial charge on any atom is -0.860 e. The average Bonchev–Trinajstić information content (AvgIpc) is 3.35. The zero-order valence-electron chi connectivity index (χ0n) is 17.6. The minimum atomic E-state index is -4.69. The zero-order valence-corrected chi connectivity index (χ0v) is 18.4. The van der Waals surface area contributed by atoms with Crippen molar-refractivity contribution in [1.82, 2.24) is 19.5 Å². The van der Waals surface area contributed by atoms with Crippen LogP contribution in [0.2, 0.25) is 0 Å². The van der Waals surface area contributed by atoms with Crippen LogP contribution in [0.5, 0.6) is 0 Å². The van der Waals surface area contributed by atoms with Gasteiger partial charge in [-0.3, -0.25) is 4.57 Å². The highest BCUT2D eigenvalue weighted by Gasteiger charge is 2.45. The second-order valence-corrected chi connectivity index (χ2v) is 8.84. The number of aliphatic hydroxyl groups is 2. The van der Waals surface area contributed by atoms with Crippen molar-refractivity contribution in [3.63, 3.8) is 0 Å². The van der Waals surface area contributed by atoms with Crippen LogP contribution < -0.4 is 16.6 Å². The van der Waals surface area contributed by atoms with Crippen LogP contribution in [0.25, 0.3) is 11.2 Å². The summed E-state index contributed by atoms with van der Waals surface area (Å²) < 4.78 is 39.0. The summed E-state index contributed by atoms with van der Waals surface area (Å²) in [7, 11) is -4.69. The second kappa shape index (κ2) is 9.57. The molecule has 0 bridgehead atoms. The lowest BCUT2D eigenvalue weighted by atomic mass is 10.1. The first kappa shape index (κ1) is 23.9. The third kappa shape index (κ3) is 4.98. The number of aliphatic hydroxyl groups excluding tert-OH is 2. The maximum atomic E-state index is 12.2. The molecule has 0 spiro atoms. The van der Waals surface area contributed by atoms with E-state index in [1.165, 1.54) is 17.2 Å². The summed E-state index contributed by atoms with van der Waals surface area (Å²) >= 11 is 0. The van der Waals surface area contributed by atoms with Gasteiger partial charge in [-0.25, -0.2) is 19.1 Å². The molecular weight excluding hydrogens is 470 g/mol. The summed E-state index contributed by atoms with van der Waals surface area (Å²) in [6.45, 7) is -0.717. The van der Waals surface area contributed by atoms with E-state index in [9.17, 15) is 23.7 Å². The van der Waals surface area contributed by atoms with Crippen LogP contribution in [0.4, 0.5) is 5.82 Å². The van der Waals surface area contributed by atoms with Gasteiger partial charge in [-0.15, -0.1) is 0 Å². The molecule has 6 N–H and O–H groups in total. The number of aromatic nitrogens is 4. The molecule has 0 amide bonds. The molecule has 15 heteroatoms. The van der Waals surface area contributed by atoms with Crippen molar-refractivity contribution >= 4 is 33.2 Å². The van der Waals surface area contributed by atoms with Gasteiger partial charge in [-0.1, -0.05) is 30.3 Å². The Morgan fingerprint density at radius 3 is 2.71 bits per heavy atom. The Kier molecular flexibility index (Phi) is 6.74. The van der Waals surface area contributed by atoms with E-state index in [4.69, 9.17) is 20.4 Å². The number of nitrogens with two attached hydrogens (primary N) is 2. The number of benzene rings is 1. The number of fused-ring (bicyclic) bond motifs is 1. The highest BCUT2D eigenvalue weighted by molar-refractivity contribution is 7.85. The molecule has 1 aliphatic rings. The number of imidazole rings is 1. The SMILES string of the molecule is Nc1ncnc2c1ncn2C1OC(COS(=O)(=O)/N=C(\[O-])[C@H](N)Cc2ccccc2)[C@@H](O)[C@H]1O. The minimum absolute atomic E-state index is 0.0872. The number of ether oxygens (including phenoxy) is 1. The van der Waals surface area contributed by atoms with Crippen molar-refractivity contribution in [2.24, 2.45) is 10.1 Å². The number of nitrogen functional groups attached to an aromatic ring is 1. The summed E-state index contributed by atoms with van der Waals surface area (Å²) in [6.07, 6.45) is -2.85. The molecule has 0 aliphatic carbocycles. The van der Waals surface area contributed by atoms with Gasteiger partial charge >= 0.3 is 10.3 Å². The van der Waals surface area contributed by atoms with Gasteiger partial charge in [0.05, 0.1) is 12.9 Å². The normalized spacial score (nSPS) is 24.5. The Labute approximate surface area is 193 Å². The molecule has 182 valence electrons. The zero-order chi connectivity index (χ0) is 24.5. The van der Waals surface area contributed by atoms with Gasteiger partial charge in [0, 0.05) is 6.04 Å². The van der Waals surface area contributed by atoms with E-state index < -0.39 is 53.4 Å². The highest BCUT2D eigenvalue weighted by Crippen LogP contribution is 2.32. The molecule has 34 heavy (non-hydrogen) atoms. The first-order valence-corrected chi connectivity index (χ1v) is 11.4. The van der Waals surface area contributed by atoms with E-state index in [1.54, 1.807) is 30.3 Å². The topological polar surface area (TPSA) is 224 Å². The van der Waals surface area contributed by atoms with Crippen molar-refractivity contribution in [2.45, 2.75) is 37.0 Å². The number of nitrogens with zero attached hydrogens (tertiary/aromatic N) is 5. The first-order valence-electron chi connectivity index (χ1n) is 10.1. The Hall–Kier alpha value is -3.21. The van der Waals surface area contributed by atoms with E-state index in [2.05, 4.69) is 19.3 Å². The molecule has 5 atom stereocenters. The molecule has 1 aromatic carbocycles. The van der Waals surface area contributed by atoms with Gasteiger partial charge in [-0.05, 0) is 17.9 Å². The quantitative estimate of drug-likeness (QED) is 0.191. The fourth-order valence-corrected chi connectivity index (χ4v) is 4.18. The molecule has 2 aromatic heterocycles. The Bertz CT molecular complexity index is 1280. The molecule has 1 fully saturated rings. The Balaban J connectivity index is 1.41. The molecule has 1 saturated heterocycles. The van der Waals surface area contributed by atoms with Crippen molar-refractivity contribution in [3.05, 3.63) is 48.5 Å². The maximum Gasteiger partial charge on any atom is 0.380 e. The Morgan fingerprint density at radius 2 is 1.97 bits per heavy atom. The molecule has 14 nitrogen and oxygen atoms in total. The third-order valence-corrected chi connectivity index (χ3v) is 6.03. The van der Waals surface area contributed by atoms with Gasteiger partial charge in [0.1, 0.15) is 30.2 Å². The number of hydrogen-bond donors (Lipinski definition) is 4. The van der Waals surface area contributed by atoms with E-state index >= 15 is 0 Å². The van der Waals surface area contributed by atoms with Crippen LogP contribution in [0.15, 0.2) is 47.4 Å². The standard InChI is InChI=1S/C19H23N7O7S/c20-11(6-10-4-2-1-3-5-10)18(29)25-34(30,31)32-7-12-14(27)15(28)19(33-12)26-9-24-13-16(21)22-8-23-17(13)26/h1-5,8-9,11-12,14-15,19,27-28H,6-7,20H2,(H,25,29)(H2,21,22,23)/p-1/t11-,12?,14-,15-,19?/m1/s1. The Morgan fingerprint density at radius 1 is 1.24 bits per heavy atom. The van der Waals surface area contributed by atoms with Crippen LogP contribution in [0, 0.1) is 0 Å². The summed E-state index contributed by atoms with van der Waals surface area (Å²) in [5.41, 5.74) is 12.7. The monoisotopic (exact) mass is 492 g/mol. The molecular formula is C19H22N7O7S-. The van der Waals surface area contributed by atoms with Crippen LogP contribution in [-0.4, -0.2) is 75.0 Å². The van der Waals surface area contributed by atoms with E-state index in [1.807, 2.05) is 0 Å². The van der Waals surface area contributed by atoms with E-state index in [-0.39, 0.29) is 23.4 Å². The lowest BCUT2D eigenvalue weighted by Crippen LogP contribution is -2.42. The third-order valence-electron chi connectivity index (χ3n) is 5.20. The molecule has 2 unspecified atom stereocenters. The highest BCUT2D eigenvalue weighted by atomic mass is 32.2. The van der Waals surface area contributed by atoms with Crippen LogP contribution in [0.3, 0.4) is 0 Å². The molecule has 0 radical (unpaired) electrons. The molecule has 3 heterocycles. The van der Waals surface area contributed by atoms with Gasteiger partial charge in [0.25, 0.3) is 0 Å². The molecule has 1 aliphatic heterocycles. The summed E-state index contributed by atoms with van der Waals surface area (Å²) in [4.78, 5) is 11.9. The molecule has 3 aromatic rings. The largest absolute Gasteiger partial charge is 0.860 e. The van der Waals surface area contributed by atoms with Crippen molar-refractivity contribution in [3.8, 4) is 0 Å². The lowest BCUT2D eigenvalue weighted by Gasteiger charge is -2.19. The average molecular weight is 492 g/mol. The fraction of sp³-hybridized carbons (Fsp3) is 0.368. The second-order valence-electron chi connectivity index (χ2n) is 7.57. The summed E-state index contributed by atoms with van der Waals surface area (Å²) in [6, 6.07) is 7.59. The summed E-state index contributed by atoms with van der Waals surface area (Å²) in [5, 5.41) is 32.9. The van der Waals surface area contributed by atoms with Gasteiger partial charge in [-0.2, -0.15) is 12.8 Å². The van der Waals surface area contributed by atoms with Crippen LogP contribution >= 0.6 is 0 Å². The number of hydrogen-bond acceptors (Lipinski definition) is 12. The van der Waals surface area contributed by atoms with Crippen molar-refractivity contribution in [1.29, 1.82) is 0 Å². The smallest absolute Gasteiger partial charge is 0.380 e. The van der Waals surface area contributed by atoms with Crippen molar-refractivity contribution in [2.75, 3.05) is 12.3 Å².